The molecule has 5 heteroatoms. The number of nitriles is 1. The Morgan fingerprint density at radius 2 is 1.92 bits per heavy atom. The molecular weight excluding hydrogens is 322 g/mol. The zero-order chi connectivity index (χ0) is 17.2. The van der Waals surface area contributed by atoms with Crippen molar-refractivity contribution < 1.29 is 14.6 Å². The van der Waals surface area contributed by atoms with Gasteiger partial charge in [0.2, 0.25) is 0 Å². The molecule has 2 aromatic rings. The number of aromatic hydroxyl groups is 1. The summed E-state index contributed by atoms with van der Waals surface area (Å²) in [6, 6.07) is 13.7. The molecule has 0 bridgehead atoms. The quantitative estimate of drug-likeness (QED) is 0.411. The summed E-state index contributed by atoms with van der Waals surface area (Å²) in [4.78, 5) is 0.900. The molecule has 125 valence electrons. The van der Waals surface area contributed by atoms with Crippen molar-refractivity contribution in [3.8, 4) is 22.6 Å². The number of thioether (sulfide) groups is 1. The van der Waals surface area contributed by atoms with Gasteiger partial charge in [-0.05, 0) is 54.6 Å². The van der Waals surface area contributed by atoms with Crippen LogP contribution in [0.2, 0.25) is 0 Å². The second kappa shape index (κ2) is 9.74. The van der Waals surface area contributed by atoms with Crippen LogP contribution in [-0.4, -0.2) is 18.3 Å². The van der Waals surface area contributed by atoms with Crippen LogP contribution in [0.15, 0.2) is 41.3 Å². The third-order valence-electron chi connectivity index (χ3n) is 3.34. The third kappa shape index (κ3) is 5.39. The number of rotatable bonds is 9. The molecule has 1 N–H and O–H groups in total. The Bertz CT molecular complexity index is 680. The van der Waals surface area contributed by atoms with E-state index in [0.29, 0.717) is 19.0 Å². The van der Waals surface area contributed by atoms with E-state index in [0.717, 1.165) is 47.2 Å². The number of thiocyanates is 1. The van der Waals surface area contributed by atoms with Crippen LogP contribution in [0.4, 0.5) is 0 Å². The first-order valence-electron chi connectivity index (χ1n) is 7.88. The number of phenolic OH excluding ortho intramolecular Hbond substituents is 1. The van der Waals surface area contributed by atoms with Crippen molar-refractivity contribution in [1.82, 2.24) is 0 Å². The van der Waals surface area contributed by atoms with Gasteiger partial charge in [0, 0.05) is 22.9 Å². The van der Waals surface area contributed by atoms with Gasteiger partial charge in [-0.2, -0.15) is 5.26 Å². The average Bonchev–Trinajstić information content (AvgIpc) is 2.59. The fourth-order valence-electron chi connectivity index (χ4n) is 2.22. The summed E-state index contributed by atoms with van der Waals surface area (Å²) >= 11 is 1.13. The number of ether oxygens (including phenoxy) is 2. The molecule has 0 aliphatic carbocycles. The summed E-state index contributed by atoms with van der Waals surface area (Å²) in [5, 5.41) is 20.5. The minimum atomic E-state index is 0.168. The lowest BCUT2D eigenvalue weighted by atomic mass is 10.1. The molecule has 0 amide bonds. The number of nitrogens with zero attached hydrogens (tertiary/aromatic N) is 1. The van der Waals surface area contributed by atoms with Crippen molar-refractivity contribution in [1.29, 1.82) is 5.26 Å². The van der Waals surface area contributed by atoms with Gasteiger partial charge in [0.1, 0.15) is 22.6 Å². The maximum absolute atomic E-state index is 9.85. The Morgan fingerprint density at radius 3 is 2.62 bits per heavy atom. The topological polar surface area (TPSA) is 62.5 Å². The molecule has 0 fully saturated rings. The molecule has 24 heavy (non-hydrogen) atoms. The summed E-state index contributed by atoms with van der Waals surface area (Å²) in [5.41, 5.74) is 0.812. The lowest BCUT2D eigenvalue weighted by Gasteiger charge is -2.12. The van der Waals surface area contributed by atoms with Crippen molar-refractivity contribution in [2.75, 3.05) is 13.2 Å². The van der Waals surface area contributed by atoms with E-state index in [1.807, 2.05) is 35.7 Å². The second-order valence-corrected chi connectivity index (χ2v) is 5.99. The fraction of sp³-hybridized carbons (Fsp3) is 0.316. The molecule has 2 aromatic carbocycles. The molecule has 0 unspecified atom stereocenters. The Kier molecular flexibility index (Phi) is 7.31. The maximum Gasteiger partial charge on any atom is 0.138 e. The van der Waals surface area contributed by atoms with Crippen molar-refractivity contribution in [3.63, 3.8) is 0 Å². The summed E-state index contributed by atoms with van der Waals surface area (Å²) < 4.78 is 11.4. The highest BCUT2D eigenvalue weighted by molar-refractivity contribution is 8.03. The first-order chi connectivity index (χ1) is 11.7. The minimum absolute atomic E-state index is 0.168. The first-order valence-corrected chi connectivity index (χ1v) is 8.70. The number of phenols is 1. The van der Waals surface area contributed by atoms with Gasteiger partial charge in [0.05, 0.1) is 13.2 Å². The lowest BCUT2D eigenvalue weighted by Crippen LogP contribution is -2.06. The predicted octanol–water partition coefficient (Wildman–Crippen LogP) is 4.57. The minimum Gasteiger partial charge on any atom is -0.507 e. The number of hydrogen-bond acceptors (Lipinski definition) is 5. The predicted molar refractivity (Wildman–Crippen MR) is 94.5 cm³/mol. The molecule has 4 nitrogen and oxygen atoms in total. The molecule has 0 heterocycles. The molecule has 0 saturated carbocycles. The van der Waals surface area contributed by atoms with Crippen molar-refractivity contribution in [3.05, 3.63) is 48.0 Å². The number of hydrogen-bond donors (Lipinski definition) is 1. The van der Waals surface area contributed by atoms with E-state index in [-0.39, 0.29) is 5.75 Å². The molecule has 0 aliphatic rings. The van der Waals surface area contributed by atoms with E-state index in [2.05, 4.69) is 13.0 Å². The first kappa shape index (κ1) is 18.0. The van der Waals surface area contributed by atoms with Gasteiger partial charge in [0.25, 0.3) is 0 Å². The molecule has 0 aliphatic heterocycles. The Balaban J connectivity index is 1.75. The van der Waals surface area contributed by atoms with Crippen molar-refractivity contribution in [2.24, 2.45) is 0 Å². The van der Waals surface area contributed by atoms with Gasteiger partial charge in [-0.25, -0.2) is 0 Å². The van der Waals surface area contributed by atoms with Crippen LogP contribution < -0.4 is 9.47 Å². The summed E-state index contributed by atoms with van der Waals surface area (Å²) in [7, 11) is 0. The van der Waals surface area contributed by atoms with Gasteiger partial charge in [-0.1, -0.05) is 13.3 Å². The van der Waals surface area contributed by atoms with Gasteiger partial charge in [-0.15, -0.1) is 0 Å². The molecule has 1 radical (unpaired) electrons. The van der Waals surface area contributed by atoms with Gasteiger partial charge in [0.15, 0.2) is 0 Å². The van der Waals surface area contributed by atoms with E-state index >= 15 is 0 Å². The zero-order valence-electron chi connectivity index (χ0n) is 13.6. The van der Waals surface area contributed by atoms with Gasteiger partial charge < -0.3 is 14.6 Å². The highest BCUT2D eigenvalue weighted by Gasteiger charge is 2.08. The Labute approximate surface area is 147 Å². The van der Waals surface area contributed by atoms with E-state index < -0.39 is 0 Å². The third-order valence-corrected chi connectivity index (χ3v) is 3.94. The zero-order valence-corrected chi connectivity index (χ0v) is 14.4. The number of benzene rings is 2. The molecule has 0 saturated heterocycles. The standard InChI is InChI=1S/C19H20NO3S/c1-2-5-17-18(21)6-3-7-19(17)23-13-4-12-22-15-8-10-16(11-9-15)24-14-20/h3,7-11,21H,2,4-5,12-13H2,1H3. The normalized spacial score (nSPS) is 10.2. The summed E-state index contributed by atoms with van der Waals surface area (Å²) in [6.45, 7) is 3.12. The molecule has 0 aromatic heterocycles. The van der Waals surface area contributed by atoms with E-state index in [4.69, 9.17) is 14.7 Å². The lowest BCUT2D eigenvalue weighted by molar-refractivity contribution is 0.245. The van der Waals surface area contributed by atoms with E-state index in [9.17, 15) is 5.11 Å². The summed E-state index contributed by atoms with van der Waals surface area (Å²) in [5.74, 6) is 1.66. The second-order valence-electron chi connectivity index (χ2n) is 5.13. The summed E-state index contributed by atoms with van der Waals surface area (Å²) in [6.07, 6.45) is 2.44. The highest BCUT2D eigenvalue weighted by atomic mass is 32.2. The van der Waals surface area contributed by atoms with Crippen molar-refractivity contribution >= 4 is 11.8 Å². The largest absolute Gasteiger partial charge is 0.507 e. The average molecular weight is 342 g/mol. The van der Waals surface area contributed by atoms with Crippen LogP contribution in [0.3, 0.4) is 0 Å². The van der Waals surface area contributed by atoms with Crippen LogP contribution in [0.5, 0.6) is 17.2 Å². The smallest absolute Gasteiger partial charge is 0.138 e. The van der Waals surface area contributed by atoms with Crippen LogP contribution in [-0.2, 0) is 6.42 Å². The monoisotopic (exact) mass is 342 g/mol. The van der Waals surface area contributed by atoms with Crippen LogP contribution in [0.1, 0.15) is 25.3 Å². The molecule has 2 rings (SSSR count). The highest BCUT2D eigenvalue weighted by Crippen LogP contribution is 2.28. The van der Waals surface area contributed by atoms with Crippen LogP contribution >= 0.6 is 11.8 Å². The Hall–Kier alpha value is -2.32. The van der Waals surface area contributed by atoms with Gasteiger partial charge >= 0.3 is 0 Å². The molecular formula is C19H20NO3S. The molecule has 0 spiro atoms. The fourth-order valence-corrected chi connectivity index (χ4v) is 2.59. The van der Waals surface area contributed by atoms with E-state index in [1.54, 1.807) is 6.07 Å². The van der Waals surface area contributed by atoms with Crippen LogP contribution in [0.25, 0.3) is 0 Å². The van der Waals surface area contributed by atoms with Gasteiger partial charge in [-0.3, -0.25) is 0 Å². The SMILES string of the molecule is CCCc1c(O)[c]ccc1OCCCOc1ccc(SC#N)cc1. The van der Waals surface area contributed by atoms with Crippen LogP contribution in [0, 0.1) is 16.7 Å². The maximum atomic E-state index is 9.85. The van der Waals surface area contributed by atoms with Crippen molar-refractivity contribution in [2.45, 2.75) is 31.1 Å². The molecule has 0 atom stereocenters. The Morgan fingerprint density at radius 1 is 1.17 bits per heavy atom. The van der Waals surface area contributed by atoms with E-state index in [1.165, 1.54) is 0 Å².